The molecule has 48 heavy (non-hydrogen) atoms. The third-order valence-electron chi connectivity index (χ3n) is 7.55. The Bertz CT molecular complexity index is 949. The third-order valence-corrected chi connectivity index (χ3v) is 8.96. The van der Waals surface area contributed by atoms with Crippen LogP contribution in [0.25, 0.3) is 0 Å². The van der Waals surface area contributed by atoms with E-state index in [1.54, 1.807) is 12.2 Å². The summed E-state index contributed by atoms with van der Waals surface area (Å²) in [5, 5.41) is 28.9. The molecule has 0 amide bonds. The summed E-state index contributed by atoms with van der Waals surface area (Å²) < 4.78 is 10.5. The van der Waals surface area contributed by atoms with Gasteiger partial charge in [0.05, 0.1) is 12.7 Å². The Labute approximate surface area is 294 Å². The number of unbranched alkanes of at least 4 members (excludes halogenated alkanes) is 8. The standard InChI is InChI=1S/C38H65NO8S/c1-4-5-6-7-8-9-10-11-12-13-17-20-25-35(34(41)24-22-26-36(42)43)48-30-33(39)38(45)46-29-32(28-40)47-37(44)27-21-18-15-14-16-19-23-31(2)3/h8-9,11-13,17,20,25,31-35,40-41H,4-7,10,14-16,18-19,21-24,26-30,39H2,1-3H3,(H,42,43)/b9-8-,12-11-,17-13+,25-20+/t32-,33-,34-,35+/m0/s1. The van der Waals surface area contributed by atoms with Crippen LogP contribution in [-0.4, -0.2) is 75.7 Å². The first-order chi connectivity index (χ1) is 23.1. The second kappa shape index (κ2) is 31.8. The van der Waals surface area contributed by atoms with E-state index in [4.69, 9.17) is 20.3 Å². The number of carboxylic acids is 1. The lowest BCUT2D eigenvalue weighted by atomic mass is 10.0. The molecule has 0 bridgehead atoms. The summed E-state index contributed by atoms with van der Waals surface area (Å²) in [5.74, 6) is -1.20. The van der Waals surface area contributed by atoms with Crippen LogP contribution in [0.1, 0.15) is 124 Å². The van der Waals surface area contributed by atoms with Crippen molar-refractivity contribution >= 4 is 29.7 Å². The van der Waals surface area contributed by atoms with Gasteiger partial charge in [0.25, 0.3) is 0 Å². The summed E-state index contributed by atoms with van der Waals surface area (Å²) in [5.41, 5.74) is 6.06. The molecule has 0 saturated heterocycles. The van der Waals surface area contributed by atoms with E-state index in [0.717, 1.165) is 38.0 Å². The number of rotatable bonds is 31. The topological polar surface area (TPSA) is 156 Å². The first kappa shape index (κ1) is 45.6. The molecule has 0 aromatic carbocycles. The molecule has 0 saturated carbocycles. The molecule has 0 aliphatic heterocycles. The molecule has 0 aromatic rings. The zero-order chi connectivity index (χ0) is 35.8. The number of aliphatic hydroxyl groups excluding tert-OH is 2. The number of aliphatic carboxylic acids is 1. The van der Waals surface area contributed by atoms with Crippen molar-refractivity contribution in [2.24, 2.45) is 11.7 Å². The molecule has 4 atom stereocenters. The van der Waals surface area contributed by atoms with E-state index in [9.17, 15) is 24.6 Å². The van der Waals surface area contributed by atoms with Gasteiger partial charge < -0.3 is 30.5 Å². The van der Waals surface area contributed by atoms with Gasteiger partial charge in [-0.1, -0.05) is 121 Å². The first-order valence-corrected chi connectivity index (χ1v) is 19.0. The number of esters is 2. The van der Waals surface area contributed by atoms with Gasteiger partial charge in [0.15, 0.2) is 6.10 Å². The monoisotopic (exact) mass is 695 g/mol. The van der Waals surface area contributed by atoms with Gasteiger partial charge in [-0.2, -0.15) is 0 Å². The Hall–Kier alpha value is -2.40. The Morgan fingerprint density at radius 3 is 2.23 bits per heavy atom. The van der Waals surface area contributed by atoms with Crippen molar-refractivity contribution in [3.05, 3.63) is 48.6 Å². The largest absolute Gasteiger partial charge is 0.481 e. The number of hydrogen-bond acceptors (Lipinski definition) is 9. The number of allylic oxidation sites excluding steroid dienone is 7. The van der Waals surface area contributed by atoms with Gasteiger partial charge in [-0.25, -0.2) is 0 Å². The van der Waals surface area contributed by atoms with E-state index in [1.807, 2.05) is 18.2 Å². The molecule has 9 nitrogen and oxygen atoms in total. The smallest absolute Gasteiger partial charge is 0.323 e. The van der Waals surface area contributed by atoms with Crippen LogP contribution >= 0.6 is 11.8 Å². The van der Waals surface area contributed by atoms with E-state index in [-0.39, 0.29) is 31.6 Å². The van der Waals surface area contributed by atoms with E-state index < -0.39 is 48.0 Å². The average molecular weight is 696 g/mol. The van der Waals surface area contributed by atoms with Crippen molar-refractivity contribution in [2.45, 2.75) is 147 Å². The first-order valence-electron chi connectivity index (χ1n) is 18.0. The number of thioether (sulfide) groups is 1. The summed E-state index contributed by atoms with van der Waals surface area (Å²) in [6.07, 6.45) is 27.9. The normalized spacial score (nSPS) is 14.7. The van der Waals surface area contributed by atoms with Crippen LogP contribution in [0.2, 0.25) is 0 Å². The number of carbonyl (C=O) groups excluding carboxylic acids is 2. The second-order valence-corrected chi connectivity index (χ2v) is 13.8. The van der Waals surface area contributed by atoms with Crippen LogP contribution in [-0.2, 0) is 23.9 Å². The van der Waals surface area contributed by atoms with E-state index in [0.29, 0.717) is 12.8 Å². The van der Waals surface area contributed by atoms with E-state index >= 15 is 0 Å². The summed E-state index contributed by atoms with van der Waals surface area (Å²) in [6, 6.07) is -1.01. The number of aliphatic hydroxyl groups is 2. The summed E-state index contributed by atoms with van der Waals surface area (Å²) in [7, 11) is 0. The maximum atomic E-state index is 12.6. The van der Waals surface area contributed by atoms with Crippen molar-refractivity contribution in [1.82, 2.24) is 0 Å². The van der Waals surface area contributed by atoms with Crippen LogP contribution < -0.4 is 5.73 Å². The SMILES string of the molecule is CCCCC/C=C\C\C=C/C=C/C=C/[C@@H](SC[C@H](N)C(=O)OC[C@H](CO)OC(=O)CCCCCCCCC(C)C)[C@@H](O)CCCC(=O)O. The Morgan fingerprint density at radius 1 is 0.833 bits per heavy atom. The Morgan fingerprint density at radius 2 is 1.54 bits per heavy atom. The minimum absolute atomic E-state index is 0.0447. The van der Waals surface area contributed by atoms with E-state index in [2.05, 4.69) is 39.0 Å². The molecule has 0 unspecified atom stereocenters. The van der Waals surface area contributed by atoms with Gasteiger partial charge in [0.2, 0.25) is 0 Å². The van der Waals surface area contributed by atoms with Crippen molar-refractivity contribution in [3.63, 3.8) is 0 Å². The fraction of sp³-hybridized carbons (Fsp3) is 0.711. The fourth-order valence-corrected chi connectivity index (χ4v) is 5.77. The molecular weight excluding hydrogens is 630 g/mol. The molecule has 5 N–H and O–H groups in total. The van der Waals surface area contributed by atoms with Gasteiger partial charge in [-0.15, -0.1) is 11.8 Å². The average Bonchev–Trinajstić information content (AvgIpc) is 3.05. The van der Waals surface area contributed by atoms with Gasteiger partial charge in [-0.3, -0.25) is 14.4 Å². The van der Waals surface area contributed by atoms with Gasteiger partial charge in [-0.05, 0) is 44.4 Å². The Kier molecular flexibility index (Phi) is 30.3. The second-order valence-electron chi connectivity index (χ2n) is 12.6. The number of ether oxygens (including phenoxy) is 2. The lowest BCUT2D eigenvalue weighted by Gasteiger charge is -2.21. The molecule has 0 aromatic heterocycles. The van der Waals surface area contributed by atoms with Crippen molar-refractivity contribution in [3.8, 4) is 0 Å². The highest BCUT2D eigenvalue weighted by Gasteiger charge is 2.23. The van der Waals surface area contributed by atoms with Crippen LogP contribution in [0.3, 0.4) is 0 Å². The lowest BCUT2D eigenvalue weighted by Crippen LogP contribution is -2.38. The number of nitrogens with two attached hydrogens (primary N) is 1. The molecule has 0 fully saturated rings. The fourth-order valence-electron chi connectivity index (χ4n) is 4.65. The summed E-state index contributed by atoms with van der Waals surface area (Å²) in [4.78, 5) is 35.7. The molecule has 0 rings (SSSR count). The van der Waals surface area contributed by atoms with Crippen LogP contribution in [0, 0.1) is 5.92 Å². The highest BCUT2D eigenvalue weighted by Crippen LogP contribution is 2.21. The number of carbonyl (C=O) groups is 3. The molecule has 10 heteroatoms. The molecular formula is C38H65NO8S. The van der Waals surface area contributed by atoms with Gasteiger partial charge in [0.1, 0.15) is 12.6 Å². The summed E-state index contributed by atoms with van der Waals surface area (Å²) in [6.45, 7) is 5.87. The highest BCUT2D eigenvalue weighted by atomic mass is 32.2. The van der Waals surface area contributed by atoms with Crippen LogP contribution in [0.5, 0.6) is 0 Å². The third kappa shape index (κ3) is 28.6. The minimum Gasteiger partial charge on any atom is -0.481 e. The zero-order valence-electron chi connectivity index (χ0n) is 29.8. The van der Waals surface area contributed by atoms with Gasteiger partial charge >= 0.3 is 17.9 Å². The van der Waals surface area contributed by atoms with Crippen molar-refractivity contribution < 1.29 is 39.2 Å². The molecule has 0 aliphatic carbocycles. The van der Waals surface area contributed by atoms with Crippen molar-refractivity contribution in [1.29, 1.82) is 0 Å². The van der Waals surface area contributed by atoms with Gasteiger partial charge in [0, 0.05) is 23.8 Å². The molecule has 0 heterocycles. The molecule has 0 aliphatic rings. The predicted molar refractivity (Wildman–Crippen MR) is 197 cm³/mol. The van der Waals surface area contributed by atoms with E-state index in [1.165, 1.54) is 50.3 Å². The molecule has 276 valence electrons. The van der Waals surface area contributed by atoms with Crippen LogP contribution in [0.4, 0.5) is 0 Å². The predicted octanol–water partition coefficient (Wildman–Crippen LogP) is 7.45. The zero-order valence-corrected chi connectivity index (χ0v) is 30.6. The molecule has 0 spiro atoms. The van der Waals surface area contributed by atoms with Crippen LogP contribution in [0.15, 0.2) is 48.6 Å². The quantitative estimate of drug-likeness (QED) is 0.0249. The number of carboxylic acid groups (broad SMARTS) is 1. The summed E-state index contributed by atoms with van der Waals surface area (Å²) >= 11 is 1.27. The van der Waals surface area contributed by atoms with Crippen molar-refractivity contribution in [2.75, 3.05) is 19.0 Å². The number of hydrogen-bond donors (Lipinski definition) is 4. The molecule has 0 radical (unpaired) electrons. The highest BCUT2D eigenvalue weighted by molar-refractivity contribution is 8.00. The lowest BCUT2D eigenvalue weighted by molar-refractivity contribution is -0.161. The maximum absolute atomic E-state index is 12.6. The minimum atomic E-state index is -1.01. The Balaban J connectivity index is 4.69. The maximum Gasteiger partial charge on any atom is 0.323 e.